The molecular weight excluding hydrogens is 218 g/mol. The molecule has 0 amide bonds. The number of aryl methyl sites for hydroxylation is 2. The van der Waals surface area contributed by atoms with E-state index in [1.807, 2.05) is 12.4 Å². The van der Waals surface area contributed by atoms with Gasteiger partial charge in [-0.15, -0.1) is 11.3 Å². The number of carbonyl (C=O) groups is 1. The number of rotatable bonds is 5. The van der Waals surface area contributed by atoms with Gasteiger partial charge in [-0.25, -0.2) is 4.98 Å². The van der Waals surface area contributed by atoms with Crippen molar-refractivity contribution < 1.29 is 4.79 Å². The summed E-state index contributed by atoms with van der Waals surface area (Å²) in [6, 6.07) is 0. The number of aromatic nitrogens is 1. The number of Topliss-reactive ketones (excluding diaryl/α,β-unsaturated/α-hetero) is 1. The molecule has 0 aromatic carbocycles. The Bertz CT molecular complexity index is 353. The molecule has 0 radical (unpaired) electrons. The quantitative estimate of drug-likeness (QED) is 0.784. The number of ketones is 1. The van der Waals surface area contributed by atoms with Gasteiger partial charge in [-0.1, -0.05) is 12.8 Å². The van der Waals surface area contributed by atoms with Gasteiger partial charge in [-0.2, -0.15) is 0 Å². The fourth-order valence-corrected chi connectivity index (χ4v) is 3.26. The molecule has 1 fully saturated rings. The predicted molar refractivity (Wildman–Crippen MR) is 66.8 cm³/mol. The lowest BCUT2D eigenvalue weighted by molar-refractivity contribution is -0.122. The average Bonchev–Trinajstić information content (AvgIpc) is 2.90. The summed E-state index contributed by atoms with van der Waals surface area (Å²) >= 11 is 1.71. The minimum atomic E-state index is 0.391. The molecule has 0 spiro atoms. The van der Waals surface area contributed by atoms with Crippen LogP contribution in [0.25, 0.3) is 0 Å². The van der Waals surface area contributed by atoms with Gasteiger partial charge < -0.3 is 0 Å². The van der Waals surface area contributed by atoms with Gasteiger partial charge in [0.2, 0.25) is 0 Å². The number of thiazole rings is 1. The molecule has 1 aromatic rings. The number of hydrogen-bond acceptors (Lipinski definition) is 3. The molecule has 0 aliphatic heterocycles. The molecule has 2 nitrogen and oxygen atoms in total. The summed E-state index contributed by atoms with van der Waals surface area (Å²) in [5.74, 6) is 0.891. The number of nitrogens with zero attached hydrogens (tertiary/aromatic N) is 1. The van der Waals surface area contributed by atoms with Crippen molar-refractivity contribution in [1.82, 2.24) is 4.98 Å². The van der Waals surface area contributed by atoms with Gasteiger partial charge in [-0.3, -0.25) is 4.79 Å². The average molecular weight is 237 g/mol. The molecule has 1 aromatic heterocycles. The molecule has 16 heavy (non-hydrogen) atoms. The minimum Gasteiger partial charge on any atom is -0.299 e. The SMILES string of the molecule is Cc1ncsc1CCCC(=O)C1CCCC1. The molecule has 0 atom stereocenters. The predicted octanol–water partition coefficient (Wildman–Crippen LogP) is 3.53. The molecule has 0 N–H and O–H groups in total. The van der Waals surface area contributed by atoms with Crippen molar-refractivity contribution in [3.63, 3.8) is 0 Å². The third-order valence-electron chi connectivity index (χ3n) is 3.48. The smallest absolute Gasteiger partial charge is 0.135 e. The van der Waals surface area contributed by atoms with Crippen molar-refractivity contribution in [2.75, 3.05) is 0 Å². The van der Waals surface area contributed by atoms with Gasteiger partial charge in [0.1, 0.15) is 5.78 Å². The first-order valence-corrected chi connectivity index (χ1v) is 7.07. The van der Waals surface area contributed by atoms with Crippen LogP contribution in [0.3, 0.4) is 0 Å². The molecule has 3 heteroatoms. The van der Waals surface area contributed by atoms with E-state index in [9.17, 15) is 4.79 Å². The van der Waals surface area contributed by atoms with Crippen molar-refractivity contribution in [1.29, 1.82) is 0 Å². The van der Waals surface area contributed by atoms with Gasteiger partial charge in [0.25, 0.3) is 0 Å². The first-order valence-electron chi connectivity index (χ1n) is 6.19. The molecule has 2 rings (SSSR count). The summed E-state index contributed by atoms with van der Waals surface area (Å²) in [5, 5.41) is 0. The van der Waals surface area contributed by atoms with Crippen molar-refractivity contribution in [2.45, 2.75) is 51.9 Å². The molecule has 1 aliphatic rings. The fraction of sp³-hybridized carbons (Fsp3) is 0.692. The number of hydrogen-bond donors (Lipinski definition) is 0. The second-order valence-corrected chi connectivity index (χ2v) is 5.60. The third kappa shape index (κ3) is 2.91. The molecular formula is C13H19NOS. The molecule has 88 valence electrons. The van der Waals surface area contributed by atoms with Crippen LogP contribution in [0.1, 0.15) is 49.1 Å². The first-order chi connectivity index (χ1) is 7.77. The summed E-state index contributed by atoms with van der Waals surface area (Å²) in [5.41, 5.74) is 3.03. The van der Waals surface area contributed by atoms with Crippen molar-refractivity contribution in [3.05, 3.63) is 16.1 Å². The van der Waals surface area contributed by atoms with Crippen molar-refractivity contribution >= 4 is 17.1 Å². The van der Waals surface area contributed by atoms with Crippen LogP contribution in [0.5, 0.6) is 0 Å². The van der Waals surface area contributed by atoms with Crippen LogP contribution in [0.4, 0.5) is 0 Å². The minimum absolute atomic E-state index is 0.391. The van der Waals surface area contributed by atoms with Gasteiger partial charge in [-0.05, 0) is 32.6 Å². The van der Waals surface area contributed by atoms with E-state index in [1.54, 1.807) is 11.3 Å². The Balaban J connectivity index is 1.71. The monoisotopic (exact) mass is 237 g/mol. The van der Waals surface area contributed by atoms with Crippen LogP contribution in [-0.4, -0.2) is 10.8 Å². The highest BCUT2D eigenvalue weighted by molar-refractivity contribution is 7.09. The standard InChI is InChI=1S/C13H19NOS/c1-10-13(16-9-14-10)8-4-7-12(15)11-5-2-3-6-11/h9,11H,2-8H2,1H3. The molecule has 0 bridgehead atoms. The molecule has 1 saturated carbocycles. The molecule has 1 heterocycles. The van der Waals surface area contributed by atoms with E-state index in [-0.39, 0.29) is 0 Å². The molecule has 1 aliphatic carbocycles. The van der Waals surface area contributed by atoms with Crippen LogP contribution in [-0.2, 0) is 11.2 Å². The van der Waals surface area contributed by atoms with Gasteiger partial charge in [0.15, 0.2) is 0 Å². The van der Waals surface area contributed by atoms with E-state index in [2.05, 4.69) is 4.98 Å². The van der Waals surface area contributed by atoms with E-state index in [4.69, 9.17) is 0 Å². The van der Waals surface area contributed by atoms with Crippen LogP contribution >= 0.6 is 11.3 Å². The zero-order valence-electron chi connectivity index (χ0n) is 9.87. The van der Waals surface area contributed by atoms with Gasteiger partial charge in [0, 0.05) is 17.2 Å². The summed E-state index contributed by atoms with van der Waals surface area (Å²) < 4.78 is 0. The third-order valence-corrected chi connectivity index (χ3v) is 4.48. The Morgan fingerprint density at radius 1 is 1.50 bits per heavy atom. The lowest BCUT2D eigenvalue weighted by Gasteiger charge is -2.06. The normalized spacial score (nSPS) is 16.8. The zero-order valence-corrected chi connectivity index (χ0v) is 10.7. The number of carbonyl (C=O) groups excluding carboxylic acids is 1. The molecule has 0 unspecified atom stereocenters. The topological polar surface area (TPSA) is 30.0 Å². The van der Waals surface area contributed by atoms with Gasteiger partial charge in [0.05, 0.1) is 11.2 Å². The second-order valence-electron chi connectivity index (χ2n) is 4.66. The zero-order chi connectivity index (χ0) is 11.4. The summed E-state index contributed by atoms with van der Waals surface area (Å²) in [4.78, 5) is 17.4. The Morgan fingerprint density at radius 2 is 2.25 bits per heavy atom. The van der Waals surface area contributed by atoms with Gasteiger partial charge >= 0.3 is 0 Å². The van der Waals surface area contributed by atoms with E-state index in [0.717, 1.165) is 37.8 Å². The first kappa shape index (κ1) is 11.8. The van der Waals surface area contributed by atoms with Crippen LogP contribution < -0.4 is 0 Å². The Hall–Kier alpha value is -0.700. The second kappa shape index (κ2) is 5.58. The van der Waals surface area contributed by atoms with Crippen LogP contribution in [0, 0.1) is 12.8 Å². The lowest BCUT2D eigenvalue weighted by Crippen LogP contribution is -2.10. The van der Waals surface area contributed by atoms with E-state index in [1.165, 1.54) is 17.7 Å². The summed E-state index contributed by atoms with van der Waals surface area (Å²) in [6.07, 6.45) is 7.57. The fourth-order valence-electron chi connectivity index (χ4n) is 2.44. The van der Waals surface area contributed by atoms with Crippen molar-refractivity contribution in [2.24, 2.45) is 5.92 Å². The lowest BCUT2D eigenvalue weighted by atomic mass is 9.98. The highest BCUT2D eigenvalue weighted by Crippen LogP contribution is 2.27. The summed E-state index contributed by atoms with van der Waals surface area (Å²) in [6.45, 7) is 2.05. The highest BCUT2D eigenvalue weighted by Gasteiger charge is 2.21. The Morgan fingerprint density at radius 3 is 2.88 bits per heavy atom. The largest absolute Gasteiger partial charge is 0.299 e. The maximum absolute atomic E-state index is 11.8. The van der Waals surface area contributed by atoms with Crippen LogP contribution in [0.2, 0.25) is 0 Å². The van der Waals surface area contributed by atoms with E-state index in [0.29, 0.717) is 11.7 Å². The Labute approximate surface area is 101 Å². The highest BCUT2D eigenvalue weighted by atomic mass is 32.1. The van der Waals surface area contributed by atoms with Crippen molar-refractivity contribution in [3.8, 4) is 0 Å². The summed E-state index contributed by atoms with van der Waals surface area (Å²) in [7, 11) is 0. The van der Waals surface area contributed by atoms with E-state index < -0.39 is 0 Å². The van der Waals surface area contributed by atoms with Crippen LogP contribution in [0.15, 0.2) is 5.51 Å². The molecule has 0 saturated heterocycles. The maximum Gasteiger partial charge on any atom is 0.135 e. The van der Waals surface area contributed by atoms with E-state index >= 15 is 0 Å². The maximum atomic E-state index is 11.8. The Kier molecular flexibility index (Phi) is 4.10.